The van der Waals surface area contributed by atoms with Crippen LogP contribution < -0.4 is 0 Å². The lowest BCUT2D eigenvalue weighted by Gasteiger charge is -2.44. The van der Waals surface area contributed by atoms with E-state index < -0.39 is 9.84 Å². The van der Waals surface area contributed by atoms with Gasteiger partial charge in [0.1, 0.15) is 0 Å². The van der Waals surface area contributed by atoms with Gasteiger partial charge in [-0.15, -0.1) is 0 Å². The largest absolute Gasteiger partial charge is 0.296 e. The summed E-state index contributed by atoms with van der Waals surface area (Å²) < 4.78 is 24.8. The Labute approximate surface area is 154 Å². The summed E-state index contributed by atoms with van der Waals surface area (Å²) in [5.41, 5.74) is 2.25. The summed E-state index contributed by atoms with van der Waals surface area (Å²) in [7, 11) is -2.94. The number of hydrogen-bond donors (Lipinski definition) is 0. The van der Waals surface area contributed by atoms with Crippen molar-refractivity contribution < 1.29 is 8.42 Å². The SMILES string of the molecule is O=S1(=O)CC2C(C1)N(CC1CC1)CCN2Cc1ccnc2ccccc12. The third-order valence-corrected chi connectivity index (χ3v) is 7.91. The molecule has 3 fully saturated rings. The van der Waals surface area contributed by atoms with Crippen molar-refractivity contribution in [1.29, 1.82) is 0 Å². The van der Waals surface area contributed by atoms with Crippen LogP contribution in [0.5, 0.6) is 0 Å². The highest BCUT2D eigenvalue weighted by Crippen LogP contribution is 2.34. The summed E-state index contributed by atoms with van der Waals surface area (Å²) in [4.78, 5) is 9.32. The summed E-state index contributed by atoms with van der Waals surface area (Å²) in [6, 6.07) is 10.6. The van der Waals surface area contributed by atoms with E-state index in [4.69, 9.17) is 0 Å². The molecule has 2 saturated heterocycles. The van der Waals surface area contributed by atoms with Crippen LogP contribution in [0.2, 0.25) is 0 Å². The Morgan fingerprint density at radius 3 is 2.54 bits per heavy atom. The molecular formula is C20H25N3O2S. The Bertz CT molecular complexity index is 920. The van der Waals surface area contributed by atoms with Gasteiger partial charge in [-0.05, 0) is 36.5 Å². The van der Waals surface area contributed by atoms with Crippen LogP contribution in [-0.4, -0.2) is 66.4 Å². The van der Waals surface area contributed by atoms with Crippen molar-refractivity contribution in [2.24, 2.45) is 5.92 Å². The Hall–Kier alpha value is -1.50. The molecule has 3 heterocycles. The number of pyridine rings is 1. The molecule has 1 aliphatic carbocycles. The van der Waals surface area contributed by atoms with Crippen molar-refractivity contribution in [1.82, 2.24) is 14.8 Å². The van der Waals surface area contributed by atoms with E-state index in [0.717, 1.165) is 37.6 Å². The number of para-hydroxylation sites is 1. The van der Waals surface area contributed by atoms with E-state index >= 15 is 0 Å². The second kappa shape index (κ2) is 6.29. The minimum absolute atomic E-state index is 0.124. The molecule has 2 atom stereocenters. The number of hydrogen-bond acceptors (Lipinski definition) is 5. The Balaban J connectivity index is 1.42. The topological polar surface area (TPSA) is 53.5 Å². The predicted octanol–water partition coefficient (Wildman–Crippen LogP) is 1.93. The molecule has 1 aromatic heterocycles. The summed E-state index contributed by atoms with van der Waals surface area (Å²) >= 11 is 0. The first-order valence-corrected chi connectivity index (χ1v) is 11.4. The maximum Gasteiger partial charge on any atom is 0.153 e. The molecule has 1 saturated carbocycles. The van der Waals surface area contributed by atoms with Crippen LogP contribution in [-0.2, 0) is 16.4 Å². The third kappa shape index (κ3) is 3.15. The molecule has 0 spiro atoms. The van der Waals surface area contributed by atoms with Gasteiger partial charge in [-0.1, -0.05) is 18.2 Å². The fraction of sp³-hybridized carbons (Fsp3) is 0.550. The first-order chi connectivity index (χ1) is 12.6. The van der Waals surface area contributed by atoms with Gasteiger partial charge in [0.25, 0.3) is 0 Å². The number of sulfone groups is 1. The van der Waals surface area contributed by atoms with Gasteiger partial charge in [0.2, 0.25) is 0 Å². The summed E-state index contributed by atoms with van der Waals surface area (Å²) in [6.07, 6.45) is 4.49. The quantitative estimate of drug-likeness (QED) is 0.822. The molecular weight excluding hydrogens is 346 g/mol. The van der Waals surface area contributed by atoms with Gasteiger partial charge >= 0.3 is 0 Å². The van der Waals surface area contributed by atoms with Crippen molar-refractivity contribution in [3.8, 4) is 0 Å². The predicted molar refractivity (Wildman–Crippen MR) is 103 cm³/mol. The molecule has 2 aliphatic heterocycles. The molecule has 2 aromatic rings. The molecule has 138 valence electrons. The van der Waals surface area contributed by atoms with Crippen molar-refractivity contribution in [3.63, 3.8) is 0 Å². The third-order valence-electron chi connectivity index (χ3n) is 6.21. The number of piperazine rings is 1. The number of benzene rings is 1. The van der Waals surface area contributed by atoms with Gasteiger partial charge in [0.15, 0.2) is 9.84 Å². The minimum Gasteiger partial charge on any atom is -0.296 e. The van der Waals surface area contributed by atoms with Gasteiger partial charge < -0.3 is 0 Å². The summed E-state index contributed by atoms with van der Waals surface area (Å²) in [5.74, 6) is 1.44. The van der Waals surface area contributed by atoms with E-state index in [1.807, 2.05) is 24.4 Å². The average molecular weight is 372 g/mol. The van der Waals surface area contributed by atoms with E-state index in [1.165, 1.54) is 23.8 Å². The van der Waals surface area contributed by atoms with Crippen LogP contribution in [0.25, 0.3) is 10.9 Å². The van der Waals surface area contributed by atoms with E-state index in [2.05, 4.69) is 26.9 Å². The molecule has 26 heavy (non-hydrogen) atoms. The summed E-state index contributed by atoms with van der Waals surface area (Å²) in [5, 5.41) is 1.17. The maximum atomic E-state index is 12.4. The molecule has 0 N–H and O–H groups in total. The van der Waals surface area contributed by atoms with Crippen molar-refractivity contribution >= 4 is 20.7 Å². The Morgan fingerprint density at radius 1 is 1.00 bits per heavy atom. The van der Waals surface area contributed by atoms with Crippen LogP contribution in [0.1, 0.15) is 18.4 Å². The highest BCUT2D eigenvalue weighted by Gasteiger charge is 2.47. The molecule has 6 heteroatoms. The molecule has 0 bridgehead atoms. The van der Waals surface area contributed by atoms with Crippen LogP contribution in [0.15, 0.2) is 36.5 Å². The van der Waals surface area contributed by atoms with Crippen LogP contribution in [0, 0.1) is 5.92 Å². The maximum absolute atomic E-state index is 12.4. The number of fused-ring (bicyclic) bond motifs is 2. The normalized spacial score (nSPS) is 29.1. The molecule has 3 aliphatic rings. The first-order valence-electron chi connectivity index (χ1n) is 9.60. The second-order valence-electron chi connectivity index (χ2n) is 8.11. The van der Waals surface area contributed by atoms with Gasteiger partial charge in [0, 0.05) is 49.8 Å². The smallest absolute Gasteiger partial charge is 0.153 e. The van der Waals surface area contributed by atoms with Crippen LogP contribution >= 0.6 is 0 Å². The van der Waals surface area contributed by atoms with Gasteiger partial charge in [-0.25, -0.2) is 8.42 Å². The highest BCUT2D eigenvalue weighted by atomic mass is 32.2. The number of nitrogens with zero attached hydrogens (tertiary/aromatic N) is 3. The standard InChI is InChI=1S/C20H25N3O2S/c24-26(25)13-19-20(14-26)23(10-9-22(19)11-15-5-6-15)12-16-7-8-21-18-4-2-1-3-17(16)18/h1-4,7-8,15,19-20H,5-6,9-14H2. The average Bonchev–Trinajstić information content (AvgIpc) is 3.37. The van der Waals surface area contributed by atoms with E-state index in [1.54, 1.807) is 0 Å². The van der Waals surface area contributed by atoms with E-state index in [0.29, 0.717) is 11.5 Å². The van der Waals surface area contributed by atoms with Crippen LogP contribution in [0.4, 0.5) is 0 Å². The number of rotatable bonds is 4. The lowest BCUT2D eigenvalue weighted by molar-refractivity contribution is 0.0379. The Morgan fingerprint density at radius 2 is 1.73 bits per heavy atom. The van der Waals surface area contributed by atoms with Crippen molar-refractivity contribution in [2.45, 2.75) is 31.5 Å². The lowest BCUT2D eigenvalue weighted by atomic mass is 10.0. The number of aromatic nitrogens is 1. The van der Waals surface area contributed by atoms with E-state index in [9.17, 15) is 8.42 Å². The highest BCUT2D eigenvalue weighted by molar-refractivity contribution is 7.91. The van der Waals surface area contributed by atoms with Gasteiger partial charge in [-0.2, -0.15) is 0 Å². The first kappa shape index (κ1) is 16.7. The van der Waals surface area contributed by atoms with Gasteiger partial charge in [-0.3, -0.25) is 14.8 Å². The molecule has 1 aromatic carbocycles. The van der Waals surface area contributed by atoms with Crippen LogP contribution in [0.3, 0.4) is 0 Å². The van der Waals surface area contributed by atoms with Gasteiger partial charge in [0.05, 0.1) is 17.0 Å². The molecule has 0 radical (unpaired) electrons. The molecule has 5 nitrogen and oxygen atoms in total. The van der Waals surface area contributed by atoms with E-state index in [-0.39, 0.29) is 12.1 Å². The fourth-order valence-electron chi connectivity index (χ4n) is 4.66. The zero-order valence-corrected chi connectivity index (χ0v) is 15.7. The fourth-order valence-corrected chi connectivity index (χ4v) is 6.71. The lowest BCUT2D eigenvalue weighted by Crippen LogP contribution is -2.59. The zero-order chi connectivity index (χ0) is 17.7. The van der Waals surface area contributed by atoms with Crippen molar-refractivity contribution in [2.75, 3.05) is 31.1 Å². The zero-order valence-electron chi connectivity index (χ0n) is 14.9. The monoisotopic (exact) mass is 371 g/mol. The summed E-state index contributed by atoms with van der Waals surface area (Å²) in [6.45, 7) is 3.82. The Kier molecular flexibility index (Phi) is 4.03. The second-order valence-corrected chi connectivity index (χ2v) is 10.3. The molecule has 5 rings (SSSR count). The molecule has 0 amide bonds. The molecule has 2 unspecified atom stereocenters. The minimum atomic E-state index is -2.94. The van der Waals surface area contributed by atoms with Crippen molar-refractivity contribution in [3.05, 3.63) is 42.1 Å².